The lowest BCUT2D eigenvalue weighted by atomic mass is 10.1. The minimum Gasteiger partial charge on any atom is -0.478 e. The van der Waals surface area contributed by atoms with Gasteiger partial charge in [-0.1, -0.05) is 12.1 Å². The third-order valence-corrected chi connectivity index (χ3v) is 3.19. The Labute approximate surface area is 139 Å². The number of nitrogens with one attached hydrogen (secondary N) is 2. The average Bonchev–Trinajstić information content (AvgIpc) is 2.45. The van der Waals surface area contributed by atoms with Gasteiger partial charge in [0.1, 0.15) is 17.4 Å². The number of alkyl carbamates (subject to hydrolysis) is 1. The number of ether oxygens (including phenoxy) is 2. The van der Waals surface area contributed by atoms with Crippen molar-refractivity contribution in [1.82, 2.24) is 5.32 Å². The number of benzene rings is 1. The minimum atomic E-state index is -1.10. The Morgan fingerprint density at radius 2 is 2.04 bits per heavy atom. The highest BCUT2D eigenvalue weighted by Crippen LogP contribution is 2.29. The minimum absolute atomic E-state index is 0.102. The number of anilines is 1. The molecule has 8 heteroatoms. The number of nitrogens with two attached hydrogens (primary N) is 1. The van der Waals surface area contributed by atoms with Crippen LogP contribution in [0.3, 0.4) is 0 Å². The van der Waals surface area contributed by atoms with Gasteiger partial charge in [-0.15, -0.1) is 0 Å². The molecular weight excluding hydrogens is 314 g/mol. The smallest absolute Gasteiger partial charge is 0.408 e. The Hall–Kier alpha value is -2.77. The first-order valence-corrected chi connectivity index (χ1v) is 7.51. The summed E-state index contributed by atoms with van der Waals surface area (Å²) in [4.78, 5) is 35.5. The summed E-state index contributed by atoms with van der Waals surface area (Å²) in [6, 6.07) is 5.83. The largest absolute Gasteiger partial charge is 0.478 e. The van der Waals surface area contributed by atoms with E-state index in [0.717, 1.165) is 0 Å². The lowest BCUT2D eigenvalue weighted by molar-refractivity contribution is -0.125. The van der Waals surface area contributed by atoms with Gasteiger partial charge in [-0.2, -0.15) is 0 Å². The van der Waals surface area contributed by atoms with Crippen molar-refractivity contribution in [1.29, 1.82) is 0 Å². The lowest BCUT2D eigenvalue weighted by Gasteiger charge is -2.28. The molecule has 1 aliphatic heterocycles. The van der Waals surface area contributed by atoms with Crippen LogP contribution in [0.25, 0.3) is 0 Å². The van der Waals surface area contributed by atoms with Crippen LogP contribution in [0.4, 0.5) is 10.5 Å². The van der Waals surface area contributed by atoms with Crippen molar-refractivity contribution in [2.75, 3.05) is 5.32 Å². The normalized spacial score (nSPS) is 17.8. The summed E-state index contributed by atoms with van der Waals surface area (Å²) in [6.45, 7) is 5.08. The van der Waals surface area contributed by atoms with E-state index in [9.17, 15) is 14.4 Å². The van der Waals surface area contributed by atoms with Crippen molar-refractivity contribution < 1.29 is 23.9 Å². The maximum absolute atomic E-state index is 12.1. The van der Waals surface area contributed by atoms with Crippen LogP contribution in [0.1, 0.15) is 27.2 Å². The van der Waals surface area contributed by atoms with Gasteiger partial charge in [0.05, 0.1) is 5.69 Å². The van der Waals surface area contributed by atoms with Crippen molar-refractivity contribution in [3.05, 3.63) is 24.3 Å². The SMILES string of the molecule is CC(C)(C)OC(=O)NC(C[C@@H]1Oc2ccccc2NC1=O)C(N)=O. The van der Waals surface area contributed by atoms with E-state index in [1.807, 2.05) is 0 Å². The quantitative estimate of drug-likeness (QED) is 0.762. The number of para-hydroxylation sites is 2. The summed E-state index contributed by atoms with van der Waals surface area (Å²) in [5.74, 6) is -0.704. The van der Waals surface area contributed by atoms with E-state index in [1.54, 1.807) is 45.0 Å². The molecule has 2 atom stereocenters. The fourth-order valence-corrected chi connectivity index (χ4v) is 2.16. The fraction of sp³-hybridized carbons (Fsp3) is 0.438. The number of primary amides is 1. The van der Waals surface area contributed by atoms with Crippen molar-refractivity contribution in [2.45, 2.75) is 44.9 Å². The zero-order valence-corrected chi connectivity index (χ0v) is 13.8. The molecule has 1 heterocycles. The third-order valence-electron chi connectivity index (χ3n) is 3.19. The van der Waals surface area contributed by atoms with E-state index in [1.165, 1.54) is 0 Å². The van der Waals surface area contributed by atoms with E-state index < -0.39 is 35.7 Å². The Bertz CT molecular complexity index is 653. The van der Waals surface area contributed by atoms with Gasteiger partial charge in [-0.3, -0.25) is 9.59 Å². The lowest BCUT2D eigenvalue weighted by Crippen LogP contribution is -2.50. The zero-order chi connectivity index (χ0) is 17.9. The Morgan fingerprint density at radius 1 is 1.38 bits per heavy atom. The number of carbonyl (C=O) groups is 3. The molecule has 0 spiro atoms. The molecule has 2 rings (SSSR count). The van der Waals surface area contributed by atoms with E-state index in [4.69, 9.17) is 15.2 Å². The Kier molecular flexibility index (Phi) is 4.96. The first kappa shape index (κ1) is 17.6. The molecule has 8 nitrogen and oxygen atoms in total. The van der Waals surface area contributed by atoms with Crippen molar-refractivity contribution in [3.63, 3.8) is 0 Å². The average molecular weight is 335 g/mol. The molecule has 0 saturated heterocycles. The number of carbonyl (C=O) groups excluding carboxylic acids is 3. The molecule has 0 aliphatic carbocycles. The number of amides is 3. The summed E-state index contributed by atoms with van der Waals surface area (Å²) in [5, 5.41) is 5.05. The topological polar surface area (TPSA) is 120 Å². The van der Waals surface area contributed by atoms with Crippen LogP contribution in [0.15, 0.2) is 24.3 Å². The van der Waals surface area contributed by atoms with E-state index >= 15 is 0 Å². The van der Waals surface area contributed by atoms with Crippen LogP contribution in [0.2, 0.25) is 0 Å². The number of rotatable bonds is 4. The van der Waals surface area contributed by atoms with Crippen LogP contribution in [-0.4, -0.2) is 35.7 Å². The van der Waals surface area contributed by atoms with Crippen LogP contribution < -0.4 is 21.1 Å². The molecule has 1 unspecified atom stereocenters. The fourth-order valence-electron chi connectivity index (χ4n) is 2.16. The number of hydrogen-bond acceptors (Lipinski definition) is 5. The number of hydrogen-bond donors (Lipinski definition) is 3. The summed E-state index contributed by atoms with van der Waals surface area (Å²) < 4.78 is 10.7. The molecule has 1 aromatic carbocycles. The van der Waals surface area contributed by atoms with E-state index in [2.05, 4.69) is 10.6 Å². The van der Waals surface area contributed by atoms with E-state index in [0.29, 0.717) is 11.4 Å². The molecule has 1 aromatic rings. The first-order valence-electron chi connectivity index (χ1n) is 7.51. The van der Waals surface area contributed by atoms with Crippen LogP contribution in [0.5, 0.6) is 5.75 Å². The summed E-state index contributed by atoms with van der Waals surface area (Å²) in [6.07, 6.45) is -1.84. The third kappa shape index (κ3) is 4.61. The molecule has 0 radical (unpaired) electrons. The van der Waals surface area contributed by atoms with Gasteiger partial charge in [-0.05, 0) is 32.9 Å². The Balaban J connectivity index is 2.04. The molecule has 130 valence electrons. The summed E-state index contributed by atoms with van der Waals surface area (Å²) in [7, 11) is 0. The van der Waals surface area contributed by atoms with Gasteiger partial charge in [0.2, 0.25) is 5.91 Å². The molecule has 24 heavy (non-hydrogen) atoms. The molecule has 4 N–H and O–H groups in total. The molecule has 3 amide bonds. The predicted octanol–water partition coefficient (Wildman–Crippen LogP) is 1.15. The standard InChI is InChI=1S/C16H21N3O5/c1-16(2,3)24-15(22)19-10(13(17)20)8-12-14(21)18-9-6-4-5-7-11(9)23-12/h4-7,10,12H,8H2,1-3H3,(H2,17,20)(H,18,21)(H,19,22)/t10?,12-/m0/s1. The van der Waals surface area contributed by atoms with E-state index in [-0.39, 0.29) is 6.42 Å². The number of fused-ring (bicyclic) bond motifs is 1. The molecule has 1 aliphatic rings. The second-order valence-corrected chi connectivity index (χ2v) is 6.43. The summed E-state index contributed by atoms with van der Waals surface area (Å²) >= 11 is 0. The van der Waals surface area contributed by atoms with Gasteiger partial charge in [0.15, 0.2) is 6.10 Å². The Morgan fingerprint density at radius 3 is 2.67 bits per heavy atom. The predicted molar refractivity (Wildman–Crippen MR) is 86.5 cm³/mol. The van der Waals surface area contributed by atoms with Gasteiger partial charge < -0.3 is 25.8 Å². The van der Waals surface area contributed by atoms with Crippen molar-refractivity contribution in [3.8, 4) is 5.75 Å². The highest BCUT2D eigenvalue weighted by Gasteiger charge is 2.33. The second-order valence-electron chi connectivity index (χ2n) is 6.43. The highest BCUT2D eigenvalue weighted by molar-refractivity contribution is 5.98. The van der Waals surface area contributed by atoms with Gasteiger partial charge in [-0.25, -0.2) is 4.79 Å². The molecule has 0 aromatic heterocycles. The molecule has 0 bridgehead atoms. The van der Waals surface area contributed by atoms with Gasteiger partial charge >= 0.3 is 6.09 Å². The summed E-state index contributed by atoms with van der Waals surface area (Å²) in [5.41, 5.74) is 5.14. The monoisotopic (exact) mass is 335 g/mol. The van der Waals surface area contributed by atoms with Gasteiger partial charge in [0, 0.05) is 6.42 Å². The maximum Gasteiger partial charge on any atom is 0.408 e. The molecule has 0 fully saturated rings. The highest BCUT2D eigenvalue weighted by atomic mass is 16.6. The van der Waals surface area contributed by atoms with Crippen molar-refractivity contribution in [2.24, 2.45) is 5.73 Å². The second kappa shape index (κ2) is 6.77. The van der Waals surface area contributed by atoms with Crippen LogP contribution in [0, 0.1) is 0 Å². The first-order chi connectivity index (χ1) is 11.2. The van der Waals surface area contributed by atoms with Crippen LogP contribution in [-0.2, 0) is 14.3 Å². The van der Waals surface area contributed by atoms with Crippen LogP contribution >= 0.6 is 0 Å². The molecular formula is C16H21N3O5. The molecule has 0 saturated carbocycles. The zero-order valence-electron chi connectivity index (χ0n) is 13.8. The maximum atomic E-state index is 12.1. The van der Waals surface area contributed by atoms with Gasteiger partial charge in [0.25, 0.3) is 5.91 Å². The van der Waals surface area contributed by atoms with Crippen molar-refractivity contribution >= 4 is 23.6 Å².